The first-order chi connectivity index (χ1) is 10.4. The van der Waals surface area contributed by atoms with Crippen LogP contribution in [0.3, 0.4) is 0 Å². The Balaban J connectivity index is 1.70. The molecule has 2 aromatic rings. The van der Waals surface area contributed by atoms with E-state index in [0.29, 0.717) is 6.04 Å². The molecule has 0 spiro atoms. The summed E-state index contributed by atoms with van der Waals surface area (Å²) in [5, 5.41) is 6.09. The van der Waals surface area contributed by atoms with Gasteiger partial charge in [-0.05, 0) is 24.3 Å². The van der Waals surface area contributed by atoms with Crippen LogP contribution in [0.15, 0.2) is 30.3 Å². The zero-order valence-electron chi connectivity index (χ0n) is 12.2. The molecule has 4 rings (SSSR count). The van der Waals surface area contributed by atoms with E-state index < -0.39 is 0 Å². The normalized spacial score (nSPS) is 19.1. The fourth-order valence-electron chi connectivity index (χ4n) is 2.88. The molecule has 1 aromatic heterocycles. The summed E-state index contributed by atoms with van der Waals surface area (Å²) in [5.74, 6) is 1.11. The van der Waals surface area contributed by atoms with E-state index in [1.165, 1.54) is 23.6 Å². The lowest BCUT2D eigenvalue weighted by Crippen LogP contribution is -2.37. The number of morpholine rings is 1. The highest BCUT2D eigenvalue weighted by Gasteiger charge is 2.21. The number of nitrogens with one attached hydrogen (secondary N) is 1. The molecule has 0 bridgehead atoms. The SMILES string of the molecule is c1ccc2c(N3CCOCC3)nc(CNC3CC3)cc2c1. The number of anilines is 1. The van der Waals surface area contributed by atoms with Crippen molar-refractivity contribution in [3.05, 3.63) is 36.0 Å². The molecule has 1 saturated carbocycles. The molecule has 1 N–H and O–H groups in total. The van der Waals surface area contributed by atoms with Crippen LogP contribution in [-0.4, -0.2) is 37.3 Å². The number of nitrogens with zero attached hydrogens (tertiary/aromatic N) is 2. The van der Waals surface area contributed by atoms with Gasteiger partial charge in [-0.15, -0.1) is 0 Å². The van der Waals surface area contributed by atoms with Crippen molar-refractivity contribution in [1.82, 2.24) is 10.3 Å². The molecule has 21 heavy (non-hydrogen) atoms. The van der Waals surface area contributed by atoms with Crippen molar-refractivity contribution in [1.29, 1.82) is 0 Å². The summed E-state index contributed by atoms with van der Waals surface area (Å²) in [6, 6.07) is 11.5. The molecule has 2 fully saturated rings. The van der Waals surface area contributed by atoms with Gasteiger partial charge in [0.1, 0.15) is 5.82 Å². The lowest BCUT2D eigenvalue weighted by Gasteiger charge is -2.29. The average molecular weight is 283 g/mol. The molecule has 4 nitrogen and oxygen atoms in total. The summed E-state index contributed by atoms with van der Waals surface area (Å²) < 4.78 is 5.47. The zero-order valence-corrected chi connectivity index (χ0v) is 12.2. The van der Waals surface area contributed by atoms with Crippen LogP contribution in [0.25, 0.3) is 10.8 Å². The minimum atomic E-state index is 0.713. The zero-order chi connectivity index (χ0) is 14.1. The van der Waals surface area contributed by atoms with Crippen molar-refractivity contribution in [2.75, 3.05) is 31.2 Å². The van der Waals surface area contributed by atoms with Gasteiger partial charge in [-0.3, -0.25) is 0 Å². The first-order valence-electron chi connectivity index (χ1n) is 7.85. The highest BCUT2D eigenvalue weighted by Crippen LogP contribution is 2.27. The molecule has 1 aromatic carbocycles. The van der Waals surface area contributed by atoms with Gasteiger partial charge in [0.15, 0.2) is 0 Å². The highest BCUT2D eigenvalue weighted by atomic mass is 16.5. The largest absolute Gasteiger partial charge is 0.378 e. The first-order valence-corrected chi connectivity index (χ1v) is 7.85. The second-order valence-corrected chi connectivity index (χ2v) is 5.91. The van der Waals surface area contributed by atoms with Gasteiger partial charge in [-0.25, -0.2) is 4.98 Å². The van der Waals surface area contributed by atoms with Crippen LogP contribution in [0.4, 0.5) is 5.82 Å². The summed E-state index contributed by atoms with van der Waals surface area (Å²) in [5.41, 5.74) is 1.14. The predicted octanol–water partition coefficient (Wildman–Crippen LogP) is 2.32. The Labute approximate surface area is 125 Å². The van der Waals surface area contributed by atoms with Gasteiger partial charge >= 0.3 is 0 Å². The molecule has 1 aliphatic heterocycles. The van der Waals surface area contributed by atoms with Crippen molar-refractivity contribution in [3.63, 3.8) is 0 Å². The van der Waals surface area contributed by atoms with E-state index in [9.17, 15) is 0 Å². The van der Waals surface area contributed by atoms with Gasteiger partial charge in [-0.1, -0.05) is 24.3 Å². The Bertz CT molecular complexity index is 633. The maximum atomic E-state index is 5.47. The lowest BCUT2D eigenvalue weighted by atomic mass is 10.1. The standard InChI is InChI=1S/C17H21N3O/c1-2-4-16-13(3-1)11-15(12-18-14-5-6-14)19-17(16)20-7-9-21-10-8-20/h1-4,11,14,18H,5-10,12H2. The Morgan fingerprint density at radius 1 is 1.19 bits per heavy atom. The Kier molecular flexibility index (Phi) is 3.49. The van der Waals surface area contributed by atoms with Crippen LogP contribution in [0.1, 0.15) is 18.5 Å². The van der Waals surface area contributed by atoms with E-state index in [0.717, 1.165) is 44.4 Å². The van der Waals surface area contributed by atoms with E-state index in [1.807, 2.05) is 0 Å². The number of aromatic nitrogens is 1. The third-order valence-electron chi connectivity index (χ3n) is 4.23. The topological polar surface area (TPSA) is 37.4 Å². The monoisotopic (exact) mass is 283 g/mol. The van der Waals surface area contributed by atoms with Gasteiger partial charge in [0, 0.05) is 31.1 Å². The molecule has 4 heteroatoms. The highest BCUT2D eigenvalue weighted by molar-refractivity contribution is 5.92. The third-order valence-corrected chi connectivity index (χ3v) is 4.23. The summed E-state index contributed by atoms with van der Waals surface area (Å²) in [7, 11) is 0. The molecular formula is C17H21N3O. The molecule has 0 unspecified atom stereocenters. The van der Waals surface area contributed by atoms with Crippen molar-refractivity contribution in [2.45, 2.75) is 25.4 Å². The minimum absolute atomic E-state index is 0.713. The summed E-state index contributed by atoms with van der Waals surface area (Å²) in [6.07, 6.45) is 2.62. The fourth-order valence-corrected chi connectivity index (χ4v) is 2.88. The first kappa shape index (κ1) is 13.0. The maximum Gasteiger partial charge on any atom is 0.136 e. The van der Waals surface area contributed by atoms with Crippen molar-refractivity contribution >= 4 is 16.6 Å². The minimum Gasteiger partial charge on any atom is -0.378 e. The van der Waals surface area contributed by atoms with Gasteiger partial charge in [0.25, 0.3) is 0 Å². The number of fused-ring (bicyclic) bond motifs is 1. The smallest absolute Gasteiger partial charge is 0.136 e. The van der Waals surface area contributed by atoms with Crippen LogP contribution in [0.2, 0.25) is 0 Å². The molecular weight excluding hydrogens is 262 g/mol. The van der Waals surface area contributed by atoms with Crippen LogP contribution >= 0.6 is 0 Å². The van der Waals surface area contributed by atoms with E-state index in [2.05, 4.69) is 40.5 Å². The van der Waals surface area contributed by atoms with Crippen molar-refractivity contribution in [2.24, 2.45) is 0 Å². The van der Waals surface area contributed by atoms with Crippen LogP contribution in [0.5, 0.6) is 0 Å². The molecule has 0 radical (unpaired) electrons. The van der Waals surface area contributed by atoms with E-state index >= 15 is 0 Å². The Morgan fingerprint density at radius 3 is 2.81 bits per heavy atom. The molecule has 2 aliphatic rings. The molecule has 2 heterocycles. The van der Waals surface area contributed by atoms with Gasteiger partial charge < -0.3 is 15.0 Å². The van der Waals surface area contributed by atoms with Crippen LogP contribution < -0.4 is 10.2 Å². The van der Waals surface area contributed by atoms with E-state index in [-0.39, 0.29) is 0 Å². The molecule has 1 saturated heterocycles. The average Bonchev–Trinajstić information content (AvgIpc) is 3.37. The molecule has 0 atom stereocenters. The number of pyridine rings is 1. The van der Waals surface area contributed by atoms with E-state index in [1.54, 1.807) is 0 Å². The van der Waals surface area contributed by atoms with Crippen LogP contribution in [0, 0.1) is 0 Å². The third kappa shape index (κ3) is 2.87. The number of hydrogen-bond donors (Lipinski definition) is 1. The second-order valence-electron chi connectivity index (χ2n) is 5.91. The van der Waals surface area contributed by atoms with Gasteiger partial charge in [-0.2, -0.15) is 0 Å². The van der Waals surface area contributed by atoms with E-state index in [4.69, 9.17) is 9.72 Å². The number of hydrogen-bond acceptors (Lipinski definition) is 4. The number of rotatable bonds is 4. The number of benzene rings is 1. The lowest BCUT2D eigenvalue weighted by molar-refractivity contribution is 0.122. The van der Waals surface area contributed by atoms with Crippen LogP contribution in [-0.2, 0) is 11.3 Å². The number of ether oxygens (including phenoxy) is 1. The Hall–Kier alpha value is -1.65. The Morgan fingerprint density at radius 2 is 2.00 bits per heavy atom. The quantitative estimate of drug-likeness (QED) is 0.934. The predicted molar refractivity (Wildman–Crippen MR) is 84.6 cm³/mol. The van der Waals surface area contributed by atoms with Gasteiger partial charge in [0.2, 0.25) is 0 Å². The molecule has 110 valence electrons. The fraction of sp³-hybridized carbons (Fsp3) is 0.471. The maximum absolute atomic E-state index is 5.47. The summed E-state index contributed by atoms with van der Waals surface area (Å²) in [6.45, 7) is 4.31. The van der Waals surface area contributed by atoms with Gasteiger partial charge in [0.05, 0.1) is 18.9 Å². The van der Waals surface area contributed by atoms with Crippen molar-refractivity contribution < 1.29 is 4.74 Å². The molecule has 0 amide bonds. The van der Waals surface area contributed by atoms with Crippen molar-refractivity contribution in [3.8, 4) is 0 Å². The summed E-state index contributed by atoms with van der Waals surface area (Å²) >= 11 is 0. The molecule has 1 aliphatic carbocycles. The summed E-state index contributed by atoms with van der Waals surface area (Å²) in [4.78, 5) is 7.29. The second kappa shape index (κ2) is 5.62.